The molecule has 13 nitrogen and oxygen atoms in total. The molecule has 4 heterocycles. The molecule has 58 heavy (non-hydrogen) atoms. The lowest BCUT2D eigenvalue weighted by molar-refractivity contribution is 0.0892. The van der Waals surface area contributed by atoms with Crippen LogP contribution < -0.4 is 22.9 Å². The van der Waals surface area contributed by atoms with Gasteiger partial charge in [0, 0.05) is 48.2 Å². The number of hydrogen-bond acceptors (Lipinski definition) is 9. The Hall–Kier alpha value is -6.42. The van der Waals surface area contributed by atoms with E-state index in [2.05, 4.69) is 56.4 Å². The fourth-order valence-electron chi connectivity index (χ4n) is 6.00. The number of rotatable bonds is 11. The van der Waals surface area contributed by atoms with E-state index in [0.717, 1.165) is 28.3 Å². The number of aromatic nitrogens is 6. The number of primary amides is 2. The van der Waals surface area contributed by atoms with Gasteiger partial charge in [-0.2, -0.15) is 0 Å². The minimum atomic E-state index is -1.29. The summed E-state index contributed by atoms with van der Waals surface area (Å²) in [6.45, 7) is 11.5. The van der Waals surface area contributed by atoms with E-state index in [1.165, 1.54) is 12.4 Å². The van der Waals surface area contributed by atoms with E-state index in [-0.39, 0.29) is 18.6 Å². The summed E-state index contributed by atoms with van der Waals surface area (Å²) in [6, 6.07) is 15.1. The molecular weight excluding hydrogens is 792 g/mol. The lowest BCUT2D eigenvalue weighted by Crippen LogP contribution is -2.22. The molecule has 4 aromatic heterocycles. The average molecular weight is 834 g/mol. The maximum atomic E-state index is 12.5. The first kappa shape index (κ1) is 42.7. The Balaban J connectivity index is 0.000000229. The maximum absolute atomic E-state index is 12.5. The van der Waals surface area contributed by atoms with Crippen LogP contribution in [0.3, 0.4) is 0 Å². The minimum absolute atomic E-state index is 0.0671. The third-order valence-electron chi connectivity index (χ3n) is 9.01. The smallest absolute Gasteiger partial charge is 0.250 e. The lowest BCUT2D eigenvalue weighted by Gasteiger charge is -2.19. The molecule has 0 bridgehead atoms. The number of ether oxygens (including phenoxy) is 1. The Morgan fingerprint density at radius 2 is 1.34 bits per heavy atom. The van der Waals surface area contributed by atoms with Crippen LogP contribution in [0.2, 0.25) is 35.7 Å². The Kier molecular flexibility index (Phi) is 13.1. The number of nitrogens with one attached hydrogen (secondary N) is 1. The van der Waals surface area contributed by atoms with Crippen molar-refractivity contribution in [3.8, 4) is 70.0 Å². The highest BCUT2D eigenvalue weighted by molar-refractivity contribution is 6.76. The largest absolute Gasteiger partial charge is 0.368 e. The molecule has 0 saturated heterocycles. The molecule has 0 aliphatic heterocycles. The van der Waals surface area contributed by atoms with E-state index in [0.29, 0.717) is 73.1 Å². The van der Waals surface area contributed by atoms with Crippen molar-refractivity contribution in [2.75, 3.05) is 18.1 Å². The number of anilines is 2. The first-order chi connectivity index (χ1) is 27.4. The van der Waals surface area contributed by atoms with E-state index >= 15 is 0 Å². The Morgan fingerprint density at radius 3 is 1.90 bits per heavy atom. The van der Waals surface area contributed by atoms with Gasteiger partial charge >= 0.3 is 0 Å². The molecule has 6 rings (SSSR count). The summed E-state index contributed by atoms with van der Waals surface area (Å²) in [5.41, 5.74) is 30.8. The number of aromatic amines is 1. The van der Waals surface area contributed by atoms with Crippen LogP contribution in [-0.4, -0.2) is 56.0 Å². The second-order valence-electron chi connectivity index (χ2n) is 14.5. The number of carbonyl (C=O) groups is 2. The van der Waals surface area contributed by atoms with Crippen LogP contribution in [0.15, 0.2) is 60.9 Å². The number of amides is 2. The molecule has 9 N–H and O–H groups in total. The molecule has 0 aliphatic carbocycles. The lowest BCUT2D eigenvalue weighted by atomic mass is 10.0. The molecule has 0 aliphatic rings. The maximum Gasteiger partial charge on any atom is 0.250 e. The average Bonchev–Trinajstić information content (AvgIpc) is 3.78. The van der Waals surface area contributed by atoms with Crippen molar-refractivity contribution in [1.29, 1.82) is 0 Å². The van der Waals surface area contributed by atoms with Gasteiger partial charge in [-0.05, 0) is 67.4 Å². The Bertz CT molecular complexity index is 2630. The van der Waals surface area contributed by atoms with Gasteiger partial charge in [-0.15, -0.1) is 12.8 Å². The zero-order chi connectivity index (χ0) is 42.5. The topological polar surface area (TPSA) is 220 Å². The number of hydrogen-bond donors (Lipinski definition) is 5. The van der Waals surface area contributed by atoms with Crippen LogP contribution in [-0.2, 0) is 11.5 Å². The summed E-state index contributed by atoms with van der Waals surface area (Å²) >= 11 is 12.4. The molecule has 0 saturated carbocycles. The molecule has 2 aromatic carbocycles. The predicted molar refractivity (Wildman–Crippen MR) is 233 cm³/mol. The van der Waals surface area contributed by atoms with Gasteiger partial charge in [0.25, 0.3) is 11.8 Å². The van der Waals surface area contributed by atoms with Gasteiger partial charge in [0.2, 0.25) is 11.9 Å². The standard InChI is InChI=1S/C24H28ClN5O2Si.C18H14ClN5O/c1-6-16-13-28-24(27)29-21(16)20-12-19(23(26)31)22(18-11-17(25)8-7-15(18)2)30(20)14-32-9-10-33(3,4)5;1-3-10-8-22-18(21)24-15(10)14-7-13(17(20)25)16(23-14)12-6-11(19)5-4-9(12)2/h1,7-8,11-13H,9-10,14H2,2-5H3,(H2,26,31)(H2,27,28,29);1,4-8,23H,2H3,(H2,20,25)(H2,21,22,24). The van der Waals surface area contributed by atoms with Gasteiger partial charge in [-0.25, -0.2) is 19.9 Å². The molecule has 0 unspecified atom stereocenters. The van der Waals surface area contributed by atoms with E-state index < -0.39 is 19.9 Å². The van der Waals surface area contributed by atoms with E-state index in [4.69, 9.17) is 63.7 Å². The number of nitrogen functional groups attached to an aromatic ring is 2. The third-order valence-corrected chi connectivity index (χ3v) is 11.2. The van der Waals surface area contributed by atoms with Crippen LogP contribution >= 0.6 is 23.2 Å². The van der Waals surface area contributed by atoms with Crippen molar-refractivity contribution in [3.05, 3.63) is 104 Å². The number of benzene rings is 2. The van der Waals surface area contributed by atoms with E-state index in [9.17, 15) is 9.59 Å². The molecule has 6 aromatic rings. The summed E-state index contributed by atoms with van der Waals surface area (Å²) in [5.74, 6) is 4.06. The molecular formula is C42H42Cl2N10O3Si. The fourth-order valence-corrected chi connectivity index (χ4v) is 7.10. The molecule has 0 spiro atoms. The minimum Gasteiger partial charge on any atom is -0.368 e. The number of H-pyrrole nitrogens is 1. The second kappa shape index (κ2) is 17.8. The second-order valence-corrected chi connectivity index (χ2v) is 21.0. The van der Waals surface area contributed by atoms with Crippen molar-refractivity contribution in [2.24, 2.45) is 11.5 Å². The predicted octanol–water partition coefficient (Wildman–Crippen LogP) is 7.31. The normalized spacial score (nSPS) is 11.0. The van der Waals surface area contributed by atoms with E-state index in [1.807, 2.05) is 30.5 Å². The van der Waals surface area contributed by atoms with Gasteiger partial charge in [-0.3, -0.25) is 9.59 Å². The summed E-state index contributed by atoms with van der Waals surface area (Å²) in [5, 5.41) is 1.08. The van der Waals surface area contributed by atoms with Crippen molar-refractivity contribution < 1.29 is 14.3 Å². The molecule has 296 valence electrons. The summed E-state index contributed by atoms with van der Waals surface area (Å²) in [4.78, 5) is 44.0. The summed E-state index contributed by atoms with van der Waals surface area (Å²) < 4.78 is 7.93. The van der Waals surface area contributed by atoms with Crippen LogP contribution in [0.5, 0.6) is 0 Å². The summed E-state index contributed by atoms with van der Waals surface area (Å²) in [6.07, 6.45) is 14.1. The third kappa shape index (κ3) is 9.74. The molecule has 16 heteroatoms. The molecule has 0 fully saturated rings. The number of halogens is 2. The number of carbonyl (C=O) groups excluding carboxylic acids is 2. The molecule has 0 atom stereocenters. The van der Waals surface area contributed by atoms with Crippen molar-refractivity contribution >= 4 is 55.0 Å². The SMILES string of the molecule is C#Cc1cnc(N)nc1-c1cc(C(N)=O)c(-c2cc(Cl)ccc2C)[nH]1.C#Cc1cnc(N)nc1-c1cc(C(N)=O)c(-c2cc(Cl)ccc2C)n1COCC[Si](C)(C)C. The Morgan fingerprint density at radius 1 is 0.810 bits per heavy atom. The number of nitrogens with two attached hydrogens (primary N) is 4. The zero-order valence-corrected chi connectivity index (χ0v) is 35.1. The zero-order valence-electron chi connectivity index (χ0n) is 32.6. The Labute approximate surface area is 347 Å². The van der Waals surface area contributed by atoms with Crippen LogP contribution in [0.4, 0.5) is 11.9 Å². The molecule has 0 radical (unpaired) electrons. The highest BCUT2D eigenvalue weighted by atomic mass is 35.5. The van der Waals surface area contributed by atoms with Gasteiger partial charge < -0.3 is 37.2 Å². The van der Waals surface area contributed by atoms with Crippen LogP contribution in [0.25, 0.3) is 45.3 Å². The van der Waals surface area contributed by atoms with Gasteiger partial charge in [0.15, 0.2) is 0 Å². The highest BCUT2D eigenvalue weighted by Gasteiger charge is 2.25. The van der Waals surface area contributed by atoms with Gasteiger partial charge in [-0.1, -0.05) is 66.8 Å². The first-order valence-electron chi connectivity index (χ1n) is 17.8. The van der Waals surface area contributed by atoms with Crippen molar-refractivity contribution in [2.45, 2.75) is 46.3 Å². The van der Waals surface area contributed by atoms with Crippen molar-refractivity contribution in [1.82, 2.24) is 29.5 Å². The number of nitrogens with zero attached hydrogens (tertiary/aromatic N) is 5. The fraction of sp³-hybridized carbons (Fsp3) is 0.190. The van der Waals surface area contributed by atoms with Crippen molar-refractivity contribution in [3.63, 3.8) is 0 Å². The van der Waals surface area contributed by atoms with Gasteiger partial charge in [0.1, 0.15) is 18.1 Å². The monoisotopic (exact) mass is 832 g/mol. The van der Waals surface area contributed by atoms with Crippen LogP contribution in [0.1, 0.15) is 43.0 Å². The number of terminal acetylenes is 2. The molecule has 2 amide bonds. The highest BCUT2D eigenvalue weighted by Crippen LogP contribution is 2.37. The first-order valence-corrected chi connectivity index (χ1v) is 22.2. The van der Waals surface area contributed by atoms with Crippen LogP contribution in [0, 0.1) is 38.5 Å². The van der Waals surface area contributed by atoms with Gasteiger partial charge in [0.05, 0.1) is 45.0 Å². The summed E-state index contributed by atoms with van der Waals surface area (Å²) in [7, 11) is -1.29. The number of aryl methyl sites for hydroxylation is 2. The van der Waals surface area contributed by atoms with E-state index in [1.54, 1.807) is 36.4 Å². The quantitative estimate of drug-likeness (QED) is 0.0501.